The van der Waals surface area contributed by atoms with Crippen LogP contribution in [-0.2, 0) is 9.53 Å². The molecule has 0 N–H and O–H groups in total. The first-order valence-corrected chi connectivity index (χ1v) is 7.36. The molecule has 22 heavy (non-hydrogen) atoms. The highest BCUT2D eigenvalue weighted by Crippen LogP contribution is 2.35. The normalized spacial score (nSPS) is 10.5. The van der Waals surface area contributed by atoms with Gasteiger partial charge in [0.25, 0.3) is 0 Å². The largest absolute Gasteiger partial charge is 0.497 e. The Kier molecular flexibility index (Phi) is 5.91. The van der Waals surface area contributed by atoms with Crippen molar-refractivity contribution in [3.63, 3.8) is 0 Å². The zero-order chi connectivity index (χ0) is 15.8. The molecular weight excluding hydrogens is 300 g/mol. The van der Waals surface area contributed by atoms with Crippen LogP contribution in [0.25, 0.3) is 0 Å². The van der Waals surface area contributed by atoms with Crippen LogP contribution < -0.4 is 9.47 Å². The molecule has 0 saturated heterocycles. The van der Waals surface area contributed by atoms with E-state index < -0.39 is 5.97 Å². The van der Waals surface area contributed by atoms with Gasteiger partial charge in [-0.3, -0.25) is 0 Å². The summed E-state index contributed by atoms with van der Waals surface area (Å²) in [7, 11) is 2.96. The molecule has 0 atom stereocenters. The average Bonchev–Trinajstić information content (AvgIpc) is 2.57. The van der Waals surface area contributed by atoms with Gasteiger partial charge in [0.2, 0.25) is 0 Å². The van der Waals surface area contributed by atoms with Crippen molar-refractivity contribution in [3.05, 3.63) is 60.9 Å². The Hall–Kier alpha value is -2.40. The Balaban J connectivity index is 2.10. The fraction of sp³-hybridized carbons (Fsp3) is 0.118. The number of ether oxygens (including phenoxy) is 3. The number of methoxy groups -OCH3 is 2. The fourth-order valence-electron chi connectivity index (χ4n) is 1.63. The molecule has 0 aromatic heterocycles. The SMILES string of the molecule is COC(=O)/C=C\Oc1ccccc1Sc1ccc(OC)cc1. The first kappa shape index (κ1) is 16.0. The predicted molar refractivity (Wildman–Crippen MR) is 85.3 cm³/mol. The molecule has 0 aliphatic carbocycles. The lowest BCUT2D eigenvalue weighted by molar-refractivity contribution is -0.134. The number of esters is 1. The maximum atomic E-state index is 11.0. The van der Waals surface area contributed by atoms with E-state index >= 15 is 0 Å². The molecule has 0 spiro atoms. The van der Waals surface area contributed by atoms with E-state index in [1.54, 1.807) is 18.9 Å². The molecule has 0 aliphatic rings. The minimum atomic E-state index is -0.458. The van der Waals surface area contributed by atoms with E-state index in [1.165, 1.54) is 19.4 Å². The van der Waals surface area contributed by atoms with Crippen LogP contribution in [0.1, 0.15) is 0 Å². The third-order valence-corrected chi connectivity index (χ3v) is 3.80. The first-order valence-electron chi connectivity index (χ1n) is 6.55. The molecule has 2 aromatic carbocycles. The summed E-state index contributed by atoms with van der Waals surface area (Å²) in [6.45, 7) is 0. The van der Waals surface area contributed by atoms with E-state index in [0.29, 0.717) is 5.75 Å². The van der Waals surface area contributed by atoms with Crippen molar-refractivity contribution < 1.29 is 19.0 Å². The molecule has 114 valence electrons. The molecule has 0 saturated carbocycles. The molecule has 5 heteroatoms. The van der Waals surface area contributed by atoms with Crippen LogP contribution in [0.4, 0.5) is 0 Å². The van der Waals surface area contributed by atoms with E-state index in [4.69, 9.17) is 9.47 Å². The van der Waals surface area contributed by atoms with Crippen LogP contribution in [0.2, 0.25) is 0 Å². The van der Waals surface area contributed by atoms with Crippen molar-refractivity contribution in [3.8, 4) is 11.5 Å². The summed E-state index contributed by atoms with van der Waals surface area (Å²) in [5.41, 5.74) is 0. The Morgan fingerprint density at radius 2 is 1.77 bits per heavy atom. The number of hydrogen-bond donors (Lipinski definition) is 0. The lowest BCUT2D eigenvalue weighted by Crippen LogP contribution is -1.95. The van der Waals surface area contributed by atoms with E-state index in [1.807, 2.05) is 48.5 Å². The molecular formula is C17H16O4S. The summed E-state index contributed by atoms with van der Waals surface area (Å²) in [4.78, 5) is 13.0. The van der Waals surface area contributed by atoms with Crippen LogP contribution in [0.3, 0.4) is 0 Å². The van der Waals surface area contributed by atoms with Crippen LogP contribution >= 0.6 is 11.8 Å². The van der Waals surface area contributed by atoms with Crippen LogP contribution in [-0.4, -0.2) is 20.2 Å². The van der Waals surface area contributed by atoms with Crippen molar-refractivity contribution in [1.82, 2.24) is 0 Å². The highest BCUT2D eigenvalue weighted by molar-refractivity contribution is 7.99. The van der Waals surface area contributed by atoms with Gasteiger partial charge in [-0.25, -0.2) is 4.79 Å². The third kappa shape index (κ3) is 4.56. The van der Waals surface area contributed by atoms with Gasteiger partial charge in [-0.1, -0.05) is 23.9 Å². The molecule has 0 unspecified atom stereocenters. The van der Waals surface area contributed by atoms with Crippen molar-refractivity contribution in [2.45, 2.75) is 9.79 Å². The maximum absolute atomic E-state index is 11.0. The molecule has 0 amide bonds. The fourth-order valence-corrected chi connectivity index (χ4v) is 2.52. The second-order valence-electron chi connectivity index (χ2n) is 4.17. The highest BCUT2D eigenvalue weighted by Gasteiger charge is 2.05. The summed E-state index contributed by atoms with van der Waals surface area (Å²) in [5.74, 6) is 1.03. The molecule has 0 radical (unpaired) electrons. The van der Waals surface area contributed by atoms with Gasteiger partial charge in [0, 0.05) is 4.90 Å². The summed E-state index contributed by atoms with van der Waals surface area (Å²) in [6, 6.07) is 15.4. The molecule has 2 aromatic rings. The van der Waals surface area contributed by atoms with E-state index in [-0.39, 0.29) is 0 Å². The molecule has 0 heterocycles. The monoisotopic (exact) mass is 316 g/mol. The number of carbonyl (C=O) groups excluding carboxylic acids is 1. The van der Waals surface area contributed by atoms with Crippen molar-refractivity contribution >= 4 is 17.7 Å². The molecule has 4 nitrogen and oxygen atoms in total. The van der Waals surface area contributed by atoms with E-state index in [2.05, 4.69) is 4.74 Å². The lowest BCUT2D eigenvalue weighted by atomic mass is 10.3. The maximum Gasteiger partial charge on any atom is 0.333 e. The minimum Gasteiger partial charge on any atom is -0.497 e. The smallest absolute Gasteiger partial charge is 0.333 e. The van der Waals surface area contributed by atoms with Gasteiger partial charge in [0.15, 0.2) is 0 Å². The number of benzene rings is 2. The summed E-state index contributed by atoms with van der Waals surface area (Å²) < 4.78 is 15.2. The Bertz CT molecular complexity index is 650. The third-order valence-electron chi connectivity index (χ3n) is 2.74. The van der Waals surface area contributed by atoms with E-state index in [9.17, 15) is 4.79 Å². The van der Waals surface area contributed by atoms with Crippen molar-refractivity contribution in [2.75, 3.05) is 14.2 Å². The Morgan fingerprint density at radius 1 is 1.05 bits per heavy atom. The Morgan fingerprint density at radius 3 is 2.45 bits per heavy atom. The predicted octanol–water partition coefficient (Wildman–Crippen LogP) is 3.91. The van der Waals surface area contributed by atoms with Gasteiger partial charge < -0.3 is 14.2 Å². The van der Waals surface area contributed by atoms with Gasteiger partial charge in [-0.15, -0.1) is 0 Å². The Labute approximate surface area is 133 Å². The van der Waals surface area contributed by atoms with Gasteiger partial charge in [-0.05, 0) is 36.4 Å². The second-order valence-corrected chi connectivity index (χ2v) is 5.28. The summed E-state index contributed by atoms with van der Waals surface area (Å²) in [5, 5.41) is 0. The molecule has 0 bridgehead atoms. The number of hydrogen-bond acceptors (Lipinski definition) is 5. The minimum absolute atomic E-state index is 0.458. The van der Waals surface area contributed by atoms with Crippen LogP contribution in [0.5, 0.6) is 11.5 Å². The van der Waals surface area contributed by atoms with Gasteiger partial charge >= 0.3 is 5.97 Å². The number of rotatable bonds is 6. The van der Waals surface area contributed by atoms with Crippen LogP contribution in [0.15, 0.2) is 70.7 Å². The van der Waals surface area contributed by atoms with Gasteiger partial charge in [0.1, 0.15) is 11.5 Å². The zero-order valence-electron chi connectivity index (χ0n) is 12.3. The number of para-hydroxylation sites is 1. The lowest BCUT2D eigenvalue weighted by Gasteiger charge is -2.08. The van der Waals surface area contributed by atoms with Crippen LogP contribution in [0, 0.1) is 0 Å². The van der Waals surface area contributed by atoms with Crippen molar-refractivity contribution in [1.29, 1.82) is 0 Å². The molecule has 0 fully saturated rings. The average molecular weight is 316 g/mol. The quantitative estimate of drug-likeness (QED) is 0.459. The van der Waals surface area contributed by atoms with Gasteiger partial charge in [0.05, 0.1) is 31.5 Å². The standard InChI is InChI=1S/C17H16O4S/c1-19-13-7-9-14(10-8-13)22-16-6-4-3-5-15(16)21-12-11-17(18)20-2/h3-12H,1-2H3/b12-11-. The molecule has 0 aliphatic heterocycles. The zero-order valence-corrected chi connectivity index (χ0v) is 13.1. The highest BCUT2D eigenvalue weighted by atomic mass is 32.2. The topological polar surface area (TPSA) is 44.8 Å². The number of carbonyl (C=O) groups is 1. The van der Waals surface area contributed by atoms with Gasteiger partial charge in [-0.2, -0.15) is 0 Å². The first-order chi connectivity index (χ1) is 10.7. The molecule has 2 rings (SSSR count). The van der Waals surface area contributed by atoms with Crippen molar-refractivity contribution in [2.24, 2.45) is 0 Å². The van der Waals surface area contributed by atoms with E-state index in [0.717, 1.165) is 15.5 Å². The second kappa shape index (κ2) is 8.14. The summed E-state index contributed by atoms with van der Waals surface area (Å²) >= 11 is 1.57. The summed E-state index contributed by atoms with van der Waals surface area (Å²) in [6.07, 6.45) is 2.55.